The summed E-state index contributed by atoms with van der Waals surface area (Å²) in [6, 6.07) is 8.66. The van der Waals surface area contributed by atoms with Crippen molar-refractivity contribution in [2.24, 2.45) is 4.99 Å². The van der Waals surface area contributed by atoms with Crippen LogP contribution >= 0.6 is 0 Å². The van der Waals surface area contributed by atoms with Gasteiger partial charge >= 0.3 is 0 Å². The van der Waals surface area contributed by atoms with Crippen molar-refractivity contribution in [1.29, 1.82) is 0 Å². The lowest BCUT2D eigenvalue weighted by Gasteiger charge is -2.31. The van der Waals surface area contributed by atoms with Crippen LogP contribution in [0.3, 0.4) is 0 Å². The van der Waals surface area contributed by atoms with Crippen LogP contribution in [0.5, 0.6) is 11.5 Å². The Kier molecular flexibility index (Phi) is 3.66. The Bertz CT molecular complexity index is 911. The van der Waals surface area contributed by atoms with Crippen molar-refractivity contribution in [2.75, 3.05) is 7.11 Å². The summed E-state index contributed by atoms with van der Waals surface area (Å²) in [5.74, 6) is 1.35. The molecule has 2 aliphatic heterocycles. The quantitative estimate of drug-likeness (QED) is 0.782. The van der Waals surface area contributed by atoms with Crippen LogP contribution in [-0.2, 0) is 12.8 Å². The van der Waals surface area contributed by atoms with E-state index in [0.29, 0.717) is 0 Å². The van der Waals surface area contributed by atoms with Gasteiger partial charge in [0.25, 0.3) is 0 Å². The fourth-order valence-electron chi connectivity index (χ4n) is 4.04. The van der Waals surface area contributed by atoms with Crippen LogP contribution in [0.15, 0.2) is 35.3 Å². The molecule has 0 saturated carbocycles. The molecule has 4 rings (SSSR count). The zero-order valence-electron chi connectivity index (χ0n) is 15.9. The lowest BCUT2D eigenvalue weighted by atomic mass is 9.81. The molecular formula is C22H24FNO2. The maximum atomic E-state index is 13.4. The molecule has 3 nitrogen and oxygen atoms in total. The number of rotatable bonds is 2. The number of hydrogen-bond donors (Lipinski definition) is 0. The van der Waals surface area contributed by atoms with E-state index in [4.69, 9.17) is 14.5 Å². The molecule has 2 aliphatic rings. The number of halogens is 1. The van der Waals surface area contributed by atoms with Crippen LogP contribution in [0, 0.1) is 5.82 Å². The normalized spacial score (nSPS) is 19.2. The van der Waals surface area contributed by atoms with Crippen LogP contribution in [0.1, 0.15) is 49.9 Å². The summed E-state index contributed by atoms with van der Waals surface area (Å²) >= 11 is 0. The van der Waals surface area contributed by atoms with Crippen molar-refractivity contribution in [3.63, 3.8) is 0 Å². The summed E-state index contributed by atoms with van der Waals surface area (Å²) < 4.78 is 25.3. The average Bonchev–Trinajstić information content (AvgIpc) is 2.88. The number of fused-ring (bicyclic) bond motifs is 3. The van der Waals surface area contributed by atoms with E-state index in [9.17, 15) is 4.39 Å². The van der Waals surface area contributed by atoms with Gasteiger partial charge in [-0.3, -0.25) is 4.99 Å². The SMILES string of the molecule is COc1cc2c(c3c1OC(C)(C)C3)C(c1ccc(F)cc1)=NC(C)(C)C2. The molecule has 0 fully saturated rings. The topological polar surface area (TPSA) is 30.8 Å². The molecule has 0 atom stereocenters. The lowest BCUT2D eigenvalue weighted by molar-refractivity contribution is 0.134. The minimum absolute atomic E-state index is 0.231. The number of ether oxygens (including phenoxy) is 2. The summed E-state index contributed by atoms with van der Waals surface area (Å²) in [6.07, 6.45) is 1.62. The Labute approximate surface area is 153 Å². The van der Waals surface area contributed by atoms with Crippen LogP contribution in [-0.4, -0.2) is 24.0 Å². The molecule has 2 aromatic carbocycles. The number of aliphatic imine (C=N–C) groups is 1. The summed E-state index contributed by atoms with van der Waals surface area (Å²) in [4.78, 5) is 5.03. The molecule has 4 heteroatoms. The minimum Gasteiger partial charge on any atom is -0.493 e. The van der Waals surface area contributed by atoms with E-state index >= 15 is 0 Å². The van der Waals surface area contributed by atoms with Gasteiger partial charge in [0, 0.05) is 23.1 Å². The third-order valence-electron chi connectivity index (χ3n) is 5.02. The molecule has 136 valence electrons. The first-order chi connectivity index (χ1) is 12.2. The maximum Gasteiger partial charge on any atom is 0.166 e. The molecule has 0 N–H and O–H groups in total. The molecule has 2 aromatic rings. The highest BCUT2D eigenvalue weighted by molar-refractivity contribution is 6.16. The second-order valence-corrected chi connectivity index (χ2v) is 8.42. The Morgan fingerprint density at radius 1 is 1.08 bits per heavy atom. The molecular weight excluding hydrogens is 329 g/mol. The van der Waals surface area contributed by atoms with Gasteiger partial charge in [-0.05, 0) is 70.0 Å². The summed E-state index contributed by atoms with van der Waals surface area (Å²) in [5, 5.41) is 0. The first-order valence-corrected chi connectivity index (χ1v) is 8.97. The van der Waals surface area contributed by atoms with E-state index in [2.05, 4.69) is 33.8 Å². The number of hydrogen-bond acceptors (Lipinski definition) is 3. The van der Waals surface area contributed by atoms with Crippen LogP contribution < -0.4 is 9.47 Å². The van der Waals surface area contributed by atoms with Crippen molar-refractivity contribution in [2.45, 2.75) is 51.7 Å². The van der Waals surface area contributed by atoms with Gasteiger partial charge in [0.05, 0.1) is 18.4 Å². The molecule has 0 amide bonds. The zero-order chi connectivity index (χ0) is 18.7. The van der Waals surface area contributed by atoms with Crippen LogP contribution in [0.4, 0.5) is 4.39 Å². The molecule has 0 saturated heterocycles. The fraction of sp³-hybridized carbons (Fsp3) is 0.409. The zero-order valence-corrected chi connectivity index (χ0v) is 15.9. The molecule has 0 radical (unpaired) electrons. The number of benzene rings is 2. The molecule has 26 heavy (non-hydrogen) atoms. The van der Waals surface area contributed by atoms with E-state index in [0.717, 1.165) is 46.7 Å². The highest BCUT2D eigenvalue weighted by Crippen LogP contribution is 2.47. The van der Waals surface area contributed by atoms with Crippen molar-refractivity contribution in [3.05, 3.63) is 58.4 Å². The van der Waals surface area contributed by atoms with Gasteiger partial charge in [0.15, 0.2) is 11.5 Å². The standard InChI is InChI=1S/C22H24FNO2/c1-21(2)11-14-10-17(25-5)20-16(12-22(3,4)26-20)18(14)19(24-21)13-6-8-15(23)9-7-13/h6-10H,11-12H2,1-5H3. The van der Waals surface area contributed by atoms with Gasteiger partial charge in [-0.1, -0.05) is 0 Å². The Morgan fingerprint density at radius 3 is 2.42 bits per heavy atom. The average molecular weight is 353 g/mol. The third kappa shape index (κ3) is 2.77. The summed E-state index contributed by atoms with van der Waals surface area (Å²) in [7, 11) is 1.68. The largest absolute Gasteiger partial charge is 0.493 e. The molecule has 0 spiro atoms. The van der Waals surface area contributed by atoms with Crippen LogP contribution in [0.25, 0.3) is 0 Å². The third-order valence-corrected chi connectivity index (χ3v) is 5.02. The predicted molar refractivity (Wildman–Crippen MR) is 101 cm³/mol. The van der Waals surface area contributed by atoms with Gasteiger partial charge in [-0.25, -0.2) is 4.39 Å². The Balaban J connectivity index is 1.98. The van der Waals surface area contributed by atoms with Gasteiger partial charge in [-0.2, -0.15) is 0 Å². The summed E-state index contributed by atoms with van der Waals surface area (Å²) in [5.41, 5.74) is 4.80. The van der Waals surface area contributed by atoms with Crippen molar-refractivity contribution >= 4 is 5.71 Å². The minimum atomic E-state index is -0.286. The second kappa shape index (κ2) is 5.57. The first kappa shape index (κ1) is 17.1. The van der Waals surface area contributed by atoms with E-state index in [-0.39, 0.29) is 17.0 Å². The first-order valence-electron chi connectivity index (χ1n) is 8.97. The molecule has 2 heterocycles. The van der Waals surface area contributed by atoms with E-state index in [1.807, 2.05) is 0 Å². The molecule has 0 aromatic heterocycles. The fourth-order valence-corrected chi connectivity index (χ4v) is 4.04. The predicted octanol–water partition coefficient (Wildman–Crippen LogP) is 4.72. The smallest absolute Gasteiger partial charge is 0.166 e. The van der Waals surface area contributed by atoms with E-state index < -0.39 is 0 Å². The Morgan fingerprint density at radius 2 is 1.77 bits per heavy atom. The van der Waals surface area contributed by atoms with Crippen molar-refractivity contribution in [3.8, 4) is 11.5 Å². The van der Waals surface area contributed by atoms with Crippen LogP contribution in [0.2, 0.25) is 0 Å². The number of nitrogens with zero attached hydrogens (tertiary/aromatic N) is 1. The highest BCUT2D eigenvalue weighted by Gasteiger charge is 2.39. The van der Waals surface area contributed by atoms with E-state index in [1.54, 1.807) is 19.2 Å². The molecule has 0 bridgehead atoms. The van der Waals surface area contributed by atoms with Gasteiger partial charge in [-0.15, -0.1) is 0 Å². The van der Waals surface area contributed by atoms with Gasteiger partial charge < -0.3 is 9.47 Å². The van der Waals surface area contributed by atoms with Crippen molar-refractivity contribution in [1.82, 2.24) is 0 Å². The van der Waals surface area contributed by atoms with Gasteiger partial charge in [0.2, 0.25) is 0 Å². The van der Waals surface area contributed by atoms with Crippen molar-refractivity contribution < 1.29 is 13.9 Å². The lowest BCUT2D eigenvalue weighted by Crippen LogP contribution is -2.30. The molecule has 0 aliphatic carbocycles. The van der Waals surface area contributed by atoms with Gasteiger partial charge in [0.1, 0.15) is 11.4 Å². The monoisotopic (exact) mass is 353 g/mol. The highest BCUT2D eigenvalue weighted by atomic mass is 19.1. The molecule has 0 unspecified atom stereocenters. The Hall–Kier alpha value is -2.36. The summed E-state index contributed by atoms with van der Waals surface area (Å²) in [6.45, 7) is 8.42. The second-order valence-electron chi connectivity index (χ2n) is 8.42. The van der Waals surface area contributed by atoms with E-state index in [1.165, 1.54) is 17.7 Å². The number of methoxy groups -OCH3 is 1. The maximum absolute atomic E-state index is 13.4.